The van der Waals surface area contributed by atoms with Gasteiger partial charge < -0.3 is 10.2 Å². The summed E-state index contributed by atoms with van der Waals surface area (Å²) >= 11 is 1.87. The maximum Gasteiger partial charge on any atom is 0.224 e. The van der Waals surface area contributed by atoms with Crippen molar-refractivity contribution in [3.05, 3.63) is 0 Å². The number of carbonyl (C=O) groups excluding carboxylic acids is 1. The summed E-state index contributed by atoms with van der Waals surface area (Å²) in [6.45, 7) is 0.946. The van der Waals surface area contributed by atoms with E-state index < -0.39 is 15.1 Å². The molecule has 2 fully saturated rings. The van der Waals surface area contributed by atoms with Gasteiger partial charge in [0.15, 0.2) is 9.84 Å². The van der Waals surface area contributed by atoms with Crippen molar-refractivity contribution >= 4 is 27.5 Å². The van der Waals surface area contributed by atoms with Crippen LogP contribution in [-0.4, -0.2) is 67.9 Å². The van der Waals surface area contributed by atoms with Crippen LogP contribution in [0.25, 0.3) is 0 Å². The molecule has 0 radical (unpaired) electrons. The Bertz CT molecular complexity index is 461. The van der Waals surface area contributed by atoms with Gasteiger partial charge in [-0.05, 0) is 12.8 Å². The molecule has 1 aliphatic carbocycles. The first-order valence-electron chi connectivity index (χ1n) is 7.65. The Morgan fingerprint density at radius 1 is 1.33 bits per heavy atom. The monoisotopic (exact) mass is 334 g/mol. The number of nitrogens with one attached hydrogen (secondary N) is 1. The molecule has 3 unspecified atom stereocenters. The summed E-state index contributed by atoms with van der Waals surface area (Å²) in [5.41, 5.74) is 0. The molecular formula is C14H26N2O3S2. The van der Waals surface area contributed by atoms with Gasteiger partial charge in [0.05, 0.1) is 5.25 Å². The summed E-state index contributed by atoms with van der Waals surface area (Å²) in [6, 6.07) is 0.0662. The van der Waals surface area contributed by atoms with Gasteiger partial charge in [-0.3, -0.25) is 4.79 Å². The summed E-state index contributed by atoms with van der Waals surface area (Å²) in [5, 5.41) is 2.97. The third kappa shape index (κ3) is 4.60. The van der Waals surface area contributed by atoms with E-state index in [2.05, 4.69) is 5.32 Å². The lowest BCUT2D eigenvalue weighted by atomic mass is 9.93. The molecule has 2 rings (SSSR count). The van der Waals surface area contributed by atoms with Crippen molar-refractivity contribution in [3.8, 4) is 0 Å². The van der Waals surface area contributed by atoms with Crippen molar-refractivity contribution in [2.24, 2.45) is 0 Å². The van der Waals surface area contributed by atoms with E-state index in [1.807, 2.05) is 11.8 Å². The zero-order valence-electron chi connectivity index (χ0n) is 12.9. The molecule has 1 amide bonds. The predicted molar refractivity (Wildman–Crippen MR) is 87.4 cm³/mol. The first kappa shape index (κ1) is 17.1. The van der Waals surface area contributed by atoms with Crippen LogP contribution in [0.5, 0.6) is 0 Å². The Morgan fingerprint density at radius 3 is 2.67 bits per heavy atom. The van der Waals surface area contributed by atoms with Crippen molar-refractivity contribution in [1.82, 2.24) is 10.2 Å². The van der Waals surface area contributed by atoms with E-state index >= 15 is 0 Å². The minimum absolute atomic E-state index is 0.0653. The molecule has 122 valence electrons. The average molecular weight is 335 g/mol. The lowest BCUT2D eigenvalue weighted by Crippen LogP contribution is -2.51. The highest BCUT2D eigenvalue weighted by atomic mass is 32.2. The molecule has 5 nitrogen and oxygen atoms in total. The third-order valence-electron chi connectivity index (χ3n) is 4.53. The highest BCUT2D eigenvalue weighted by molar-refractivity contribution is 7.99. The molecule has 1 N–H and O–H groups in total. The SMILES string of the molecule is CN(C(=O)CC1CSCCN1)C1CCCCC1S(C)(=O)=O. The lowest BCUT2D eigenvalue weighted by Gasteiger charge is -2.37. The molecular weight excluding hydrogens is 308 g/mol. The molecule has 3 atom stereocenters. The standard InChI is InChI=1S/C14H26N2O3S2/c1-16(14(17)9-11-10-20-8-7-15-11)12-5-3-4-6-13(12)21(2,18)19/h11-13,15H,3-10H2,1-2H3. The molecule has 0 bridgehead atoms. The van der Waals surface area contributed by atoms with Crippen molar-refractivity contribution in [2.75, 3.05) is 31.4 Å². The summed E-state index contributed by atoms with van der Waals surface area (Å²) in [5.74, 6) is 2.12. The van der Waals surface area contributed by atoms with Gasteiger partial charge in [-0.1, -0.05) is 12.8 Å². The molecule has 0 spiro atoms. The maximum absolute atomic E-state index is 12.5. The molecule has 2 aliphatic rings. The lowest BCUT2D eigenvalue weighted by molar-refractivity contribution is -0.132. The van der Waals surface area contributed by atoms with Crippen LogP contribution in [0.3, 0.4) is 0 Å². The molecule has 0 aromatic heterocycles. The second kappa shape index (κ2) is 7.33. The van der Waals surface area contributed by atoms with Crippen molar-refractivity contribution < 1.29 is 13.2 Å². The molecule has 0 aromatic rings. The van der Waals surface area contributed by atoms with E-state index in [1.165, 1.54) is 6.26 Å². The number of hydrogen-bond acceptors (Lipinski definition) is 5. The minimum atomic E-state index is -3.10. The van der Waals surface area contributed by atoms with Gasteiger partial charge in [-0.15, -0.1) is 0 Å². The van der Waals surface area contributed by atoms with Crippen LogP contribution in [-0.2, 0) is 14.6 Å². The number of carbonyl (C=O) groups is 1. The third-order valence-corrected chi connectivity index (χ3v) is 7.31. The first-order valence-corrected chi connectivity index (χ1v) is 10.8. The number of amides is 1. The normalized spacial score (nSPS) is 30.9. The molecule has 21 heavy (non-hydrogen) atoms. The second-order valence-corrected chi connectivity index (χ2v) is 9.57. The molecule has 7 heteroatoms. The molecule has 1 aliphatic heterocycles. The molecule has 1 saturated carbocycles. The Kier molecular flexibility index (Phi) is 5.96. The largest absolute Gasteiger partial charge is 0.341 e. The fourth-order valence-electron chi connectivity index (χ4n) is 3.31. The minimum Gasteiger partial charge on any atom is -0.341 e. The number of hydrogen-bond donors (Lipinski definition) is 1. The van der Waals surface area contributed by atoms with Crippen LogP contribution < -0.4 is 5.32 Å². The zero-order valence-corrected chi connectivity index (χ0v) is 14.5. The van der Waals surface area contributed by atoms with Crippen LogP contribution in [0, 0.1) is 0 Å². The number of sulfone groups is 1. The predicted octanol–water partition coefficient (Wildman–Crippen LogP) is 0.896. The van der Waals surface area contributed by atoms with Crippen molar-refractivity contribution in [2.45, 2.75) is 49.4 Å². The van der Waals surface area contributed by atoms with Gasteiger partial charge in [-0.2, -0.15) is 11.8 Å². The Labute approximate surface area is 132 Å². The van der Waals surface area contributed by atoms with E-state index in [1.54, 1.807) is 11.9 Å². The summed E-state index contributed by atoms with van der Waals surface area (Å²) in [7, 11) is -1.33. The highest BCUT2D eigenvalue weighted by Crippen LogP contribution is 2.28. The zero-order chi connectivity index (χ0) is 15.5. The van der Waals surface area contributed by atoms with E-state index in [4.69, 9.17) is 0 Å². The highest BCUT2D eigenvalue weighted by Gasteiger charge is 2.37. The van der Waals surface area contributed by atoms with Crippen LogP contribution in [0.1, 0.15) is 32.1 Å². The smallest absolute Gasteiger partial charge is 0.224 e. The Balaban J connectivity index is 1.99. The van der Waals surface area contributed by atoms with Gasteiger partial charge in [0.25, 0.3) is 0 Å². The van der Waals surface area contributed by atoms with E-state index in [-0.39, 0.29) is 18.0 Å². The van der Waals surface area contributed by atoms with Gasteiger partial charge >= 0.3 is 0 Å². The number of rotatable bonds is 4. The number of nitrogens with zero attached hydrogens (tertiary/aromatic N) is 1. The van der Waals surface area contributed by atoms with Crippen LogP contribution in [0.4, 0.5) is 0 Å². The van der Waals surface area contributed by atoms with Gasteiger partial charge in [0, 0.05) is 49.9 Å². The quantitative estimate of drug-likeness (QED) is 0.827. The van der Waals surface area contributed by atoms with Crippen LogP contribution >= 0.6 is 11.8 Å². The van der Waals surface area contributed by atoms with Gasteiger partial charge in [-0.25, -0.2) is 8.42 Å². The van der Waals surface area contributed by atoms with Crippen LogP contribution in [0.2, 0.25) is 0 Å². The average Bonchev–Trinajstić information content (AvgIpc) is 2.46. The second-order valence-electron chi connectivity index (χ2n) is 6.15. The van der Waals surface area contributed by atoms with Gasteiger partial charge in [0.2, 0.25) is 5.91 Å². The van der Waals surface area contributed by atoms with E-state index in [9.17, 15) is 13.2 Å². The van der Waals surface area contributed by atoms with Gasteiger partial charge in [0.1, 0.15) is 0 Å². The summed E-state index contributed by atoms with van der Waals surface area (Å²) in [6.07, 6.45) is 5.19. The molecule has 0 aromatic carbocycles. The van der Waals surface area contributed by atoms with E-state index in [0.29, 0.717) is 12.8 Å². The van der Waals surface area contributed by atoms with E-state index in [0.717, 1.165) is 37.3 Å². The fraction of sp³-hybridized carbons (Fsp3) is 0.929. The summed E-state index contributed by atoms with van der Waals surface area (Å²) < 4.78 is 23.9. The van der Waals surface area contributed by atoms with Crippen molar-refractivity contribution in [3.63, 3.8) is 0 Å². The topological polar surface area (TPSA) is 66.5 Å². The molecule has 1 heterocycles. The maximum atomic E-state index is 12.5. The van der Waals surface area contributed by atoms with Crippen LogP contribution in [0.15, 0.2) is 0 Å². The van der Waals surface area contributed by atoms with Crippen molar-refractivity contribution in [1.29, 1.82) is 0 Å². The Morgan fingerprint density at radius 2 is 2.05 bits per heavy atom. The summed E-state index contributed by atoms with van der Waals surface area (Å²) in [4.78, 5) is 14.2. The first-order chi connectivity index (χ1) is 9.89. The Hall–Kier alpha value is -0.270. The fourth-order valence-corrected chi connectivity index (χ4v) is 5.74. The number of thioether (sulfide) groups is 1. The molecule has 1 saturated heterocycles.